The minimum atomic E-state index is -0.485. The molecule has 7 rings (SSSR count). The highest BCUT2D eigenvalue weighted by atomic mass is 19.1. The lowest BCUT2D eigenvalue weighted by Gasteiger charge is -2.35. The first-order chi connectivity index (χ1) is 18.9. The fourth-order valence-corrected chi connectivity index (χ4v) is 8.00. The van der Waals surface area contributed by atoms with Crippen molar-refractivity contribution in [2.45, 2.75) is 74.6 Å². The van der Waals surface area contributed by atoms with E-state index in [2.05, 4.69) is 9.97 Å². The number of fused-ring (bicyclic) bond motifs is 3. The zero-order valence-corrected chi connectivity index (χ0v) is 21.8. The Morgan fingerprint density at radius 3 is 2.49 bits per heavy atom. The molecule has 39 heavy (non-hydrogen) atoms. The summed E-state index contributed by atoms with van der Waals surface area (Å²) in [5.74, 6) is 0.0174. The summed E-state index contributed by atoms with van der Waals surface area (Å²) in [4.78, 5) is 51.7. The van der Waals surface area contributed by atoms with Crippen LogP contribution in [0.1, 0.15) is 71.5 Å². The van der Waals surface area contributed by atoms with E-state index in [0.717, 1.165) is 44.9 Å². The van der Waals surface area contributed by atoms with Gasteiger partial charge in [0.2, 0.25) is 0 Å². The summed E-state index contributed by atoms with van der Waals surface area (Å²) in [7, 11) is 1.37. The largest absolute Gasteiger partial charge is 0.453 e. The van der Waals surface area contributed by atoms with E-state index in [1.165, 1.54) is 24.4 Å². The van der Waals surface area contributed by atoms with E-state index < -0.39 is 24.0 Å². The number of carbonyl (C=O) groups is 3. The standard InChI is InChI=1S/C29H31FN4O5/c1-38-28(37)33-22-8-4-7-21(22)24(34-25(35)19-5-2-3-6-20(19)26(34)36)23(33)15-39-18-9-10-29(12-16(29)11-18)27-31-13-17(30)14-32-27/h2-3,5-6,13-14,16,18,21-24H,4,7-12,15H2,1H3/t16?,18?,21-,22+,23-,24-,29?/m0/s1. The zero-order chi connectivity index (χ0) is 26.9. The molecule has 0 bridgehead atoms. The van der Waals surface area contributed by atoms with E-state index in [9.17, 15) is 18.8 Å². The molecule has 2 aromatic rings. The van der Waals surface area contributed by atoms with Gasteiger partial charge in [0.15, 0.2) is 5.82 Å². The Morgan fingerprint density at radius 1 is 1.10 bits per heavy atom. The van der Waals surface area contributed by atoms with Gasteiger partial charge in [0.05, 0.1) is 55.4 Å². The van der Waals surface area contributed by atoms with Crippen molar-refractivity contribution < 1.29 is 28.2 Å². The lowest BCUT2D eigenvalue weighted by atomic mass is 9.86. The maximum atomic E-state index is 13.5. The molecule has 5 aliphatic rings. The zero-order valence-electron chi connectivity index (χ0n) is 21.8. The third-order valence-electron chi connectivity index (χ3n) is 9.85. The summed E-state index contributed by atoms with van der Waals surface area (Å²) < 4.78 is 25.0. The summed E-state index contributed by atoms with van der Waals surface area (Å²) in [6, 6.07) is 5.85. The van der Waals surface area contributed by atoms with Crippen molar-refractivity contribution in [2.24, 2.45) is 11.8 Å². The molecular weight excluding hydrogens is 503 g/mol. The van der Waals surface area contributed by atoms with Crippen LogP contribution in [0, 0.1) is 17.7 Å². The monoisotopic (exact) mass is 534 g/mol. The number of rotatable bonds is 5. The van der Waals surface area contributed by atoms with Crippen LogP contribution < -0.4 is 0 Å². The van der Waals surface area contributed by atoms with Gasteiger partial charge in [0.1, 0.15) is 5.82 Å². The van der Waals surface area contributed by atoms with Gasteiger partial charge in [-0.15, -0.1) is 0 Å². The van der Waals surface area contributed by atoms with Crippen LogP contribution in [-0.4, -0.2) is 75.6 Å². The van der Waals surface area contributed by atoms with Crippen molar-refractivity contribution in [1.82, 2.24) is 19.8 Å². The summed E-state index contributed by atoms with van der Waals surface area (Å²) in [6.07, 6.45) is 7.99. The molecule has 1 saturated heterocycles. The van der Waals surface area contributed by atoms with Gasteiger partial charge in [-0.05, 0) is 56.6 Å². The quantitative estimate of drug-likeness (QED) is 0.539. The van der Waals surface area contributed by atoms with E-state index in [1.807, 2.05) is 0 Å². The number of imide groups is 1. The lowest BCUT2D eigenvalue weighted by molar-refractivity contribution is -0.0190. The number of amides is 3. The molecule has 3 unspecified atom stereocenters. The van der Waals surface area contributed by atoms with E-state index in [0.29, 0.717) is 22.9 Å². The summed E-state index contributed by atoms with van der Waals surface area (Å²) >= 11 is 0. The molecule has 0 spiro atoms. The highest BCUT2D eigenvalue weighted by Crippen LogP contribution is 2.61. The minimum Gasteiger partial charge on any atom is -0.453 e. The molecule has 0 radical (unpaired) electrons. The van der Waals surface area contributed by atoms with Crippen molar-refractivity contribution in [1.29, 1.82) is 0 Å². The maximum Gasteiger partial charge on any atom is 0.410 e. The molecule has 10 heteroatoms. The Balaban J connectivity index is 1.12. The van der Waals surface area contributed by atoms with Gasteiger partial charge < -0.3 is 9.47 Å². The molecule has 9 nitrogen and oxygen atoms in total. The van der Waals surface area contributed by atoms with Crippen LogP contribution in [-0.2, 0) is 14.9 Å². The van der Waals surface area contributed by atoms with E-state index in [-0.39, 0.29) is 41.9 Å². The molecule has 1 aromatic carbocycles. The Morgan fingerprint density at radius 2 is 1.82 bits per heavy atom. The number of nitrogens with zero attached hydrogens (tertiary/aromatic N) is 4. The van der Waals surface area contributed by atoms with Gasteiger partial charge >= 0.3 is 6.09 Å². The average Bonchev–Trinajstić information content (AvgIpc) is 3.22. The lowest BCUT2D eigenvalue weighted by Crippen LogP contribution is -2.53. The Labute approximate surface area is 225 Å². The fourth-order valence-electron chi connectivity index (χ4n) is 8.00. The smallest absolute Gasteiger partial charge is 0.410 e. The average molecular weight is 535 g/mol. The molecule has 7 atom stereocenters. The minimum absolute atomic E-state index is 0.0158. The second-order valence-corrected chi connectivity index (χ2v) is 11.6. The van der Waals surface area contributed by atoms with Crippen LogP contribution in [0.2, 0.25) is 0 Å². The van der Waals surface area contributed by atoms with Gasteiger partial charge in [0, 0.05) is 17.4 Å². The number of hydrogen-bond donors (Lipinski definition) is 0. The summed E-state index contributed by atoms with van der Waals surface area (Å²) in [6.45, 7) is 0.220. The fraction of sp³-hybridized carbons (Fsp3) is 0.552. The van der Waals surface area contributed by atoms with Gasteiger partial charge in [-0.3, -0.25) is 19.4 Å². The van der Waals surface area contributed by atoms with Crippen LogP contribution in [0.4, 0.5) is 9.18 Å². The van der Waals surface area contributed by atoms with Crippen LogP contribution >= 0.6 is 0 Å². The van der Waals surface area contributed by atoms with Crippen molar-refractivity contribution in [3.8, 4) is 0 Å². The van der Waals surface area contributed by atoms with E-state index in [4.69, 9.17) is 9.47 Å². The van der Waals surface area contributed by atoms with Gasteiger partial charge in [-0.25, -0.2) is 19.2 Å². The Bertz CT molecular complexity index is 1300. The maximum absolute atomic E-state index is 13.5. The normalized spacial score (nSPS) is 34.6. The third kappa shape index (κ3) is 3.71. The number of ether oxygens (including phenoxy) is 2. The Kier molecular flexibility index (Phi) is 5.73. The van der Waals surface area contributed by atoms with Gasteiger partial charge in [-0.2, -0.15) is 0 Å². The number of methoxy groups -OCH3 is 1. The second kappa shape index (κ2) is 9.08. The molecule has 3 heterocycles. The van der Waals surface area contributed by atoms with Crippen LogP contribution in [0.3, 0.4) is 0 Å². The predicted molar refractivity (Wildman–Crippen MR) is 135 cm³/mol. The number of benzene rings is 1. The number of aromatic nitrogens is 2. The van der Waals surface area contributed by atoms with Crippen molar-refractivity contribution in [2.75, 3.05) is 13.7 Å². The first-order valence-electron chi connectivity index (χ1n) is 13.9. The van der Waals surface area contributed by atoms with Crippen molar-refractivity contribution >= 4 is 17.9 Å². The molecule has 2 aliphatic heterocycles. The molecular formula is C29H31FN4O5. The van der Waals surface area contributed by atoms with Crippen LogP contribution in [0.15, 0.2) is 36.7 Å². The SMILES string of the molecule is COC(=O)N1[C@@H]2CCC[C@@H]2[C@H](N2C(=O)c3ccccc3C2=O)[C@@H]1COC1CCC2(c3ncc(F)cn3)CC2C1. The molecule has 4 fully saturated rings. The molecule has 204 valence electrons. The topological polar surface area (TPSA) is 102 Å². The summed E-state index contributed by atoms with van der Waals surface area (Å²) in [5, 5.41) is 0. The first kappa shape index (κ1) is 24.6. The van der Waals surface area contributed by atoms with E-state index in [1.54, 1.807) is 29.2 Å². The number of likely N-dealkylation sites (tertiary alicyclic amines) is 1. The molecule has 3 aliphatic carbocycles. The number of hydrogen-bond acceptors (Lipinski definition) is 7. The molecule has 3 saturated carbocycles. The Hall–Kier alpha value is -3.40. The summed E-state index contributed by atoms with van der Waals surface area (Å²) in [5.41, 5.74) is 0.723. The van der Waals surface area contributed by atoms with Gasteiger partial charge in [-0.1, -0.05) is 18.6 Å². The second-order valence-electron chi connectivity index (χ2n) is 11.6. The van der Waals surface area contributed by atoms with Crippen molar-refractivity contribution in [3.05, 3.63) is 59.4 Å². The first-order valence-corrected chi connectivity index (χ1v) is 13.9. The highest BCUT2D eigenvalue weighted by Gasteiger charge is 2.61. The van der Waals surface area contributed by atoms with Crippen LogP contribution in [0.25, 0.3) is 0 Å². The highest BCUT2D eigenvalue weighted by molar-refractivity contribution is 6.21. The number of halogens is 1. The van der Waals surface area contributed by atoms with Gasteiger partial charge in [0.25, 0.3) is 11.8 Å². The molecule has 1 aromatic heterocycles. The molecule has 3 amide bonds. The van der Waals surface area contributed by atoms with E-state index >= 15 is 0 Å². The van der Waals surface area contributed by atoms with Crippen molar-refractivity contribution in [3.63, 3.8) is 0 Å². The third-order valence-corrected chi connectivity index (χ3v) is 9.85. The molecule has 0 N–H and O–H groups in total. The number of carbonyl (C=O) groups excluding carboxylic acids is 3. The van der Waals surface area contributed by atoms with Crippen LogP contribution in [0.5, 0.6) is 0 Å². The predicted octanol–water partition coefficient (Wildman–Crippen LogP) is 3.73.